The molecule has 2 heterocycles. The Morgan fingerprint density at radius 1 is 0.638 bits per heavy atom. The second-order valence-corrected chi connectivity index (χ2v) is 11.8. The van der Waals surface area contributed by atoms with Gasteiger partial charge < -0.3 is 20.2 Å². The van der Waals surface area contributed by atoms with E-state index in [1.807, 2.05) is 23.2 Å². The van der Waals surface area contributed by atoms with Gasteiger partial charge in [-0.1, -0.05) is 108 Å². The molecule has 2 aliphatic rings. The first-order valence-electron chi connectivity index (χ1n) is 15.7. The van der Waals surface area contributed by atoms with Crippen LogP contribution in [0.2, 0.25) is 0 Å². The molecule has 0 N–H and O–H groups in total. The van der Waals surface area contributed by atoms with Crippen molar-refractivity contribution in [3.63, 3.8) is 0 Å². The minimum absolute atomic E-state index is 0. The van der Waals surface area contributed by atoms with Crippen LogP contribution in [0, 0.1) is 32.6 Å². The molecule has 0 aliphatic carbocycles. The summed E-state index contributed by atoms with van der Waals surface area (Å²) in [7, 11) is 2.06. The van der Waals surface area contributed by atoms with Crippen LogP contribution in [0.15, 0.2) is 133 Å². The molecular formula is C42H36IrN4-4. The molecule has 4 nitrogen and oxygen atoms in total. The predicted octanol–water partition coefficient (Wildman–Crippen LogP) is 11.1. The average molecular weight is 789 g/mol. The van der Waals surface area contributed by atoms with E-state index in [0.29, 0.717) is 0 Å². The van der Waals surface area contributed by atoms with Gasteiger partial charge in [-0.2, -0.15) is 55.2 Å². The quantitative estimate of drug-likeness (QED) is 0.166. The van der Waals surface area contributed by atoms with E-state index >= 15 is 0 Å². The van der Waals surface area contributed by atoms with E-state index in [0.717, 1.165) is 17.1 Å². The maximum Gasteiger partial charge on any atom is 0.0326 e. The third-order valence-electron chi connectivity index (χ3n) is 8.62. The summed E-state index contributed by atoms with van der Waals surface area (Å²) >= 11 is 0. The molecule has 8 rings (SSSR count). The summed E-state index contributed by atoms with van der Waals surface area (Å²) < 4.78 is 0. The van der Waals surface area contributed by atoms with E-state index < -0.39 is 0 Å². The topological polar surface area (TPSA) is 23.8 Å². The van der Waals surface area contributed by atoms with Gasteiger partial charge in [-0.25, -0.2) is 0 Å². The van der Waals surface area contributed by atoms with Gasteiger partial charge in [0.05, 0.1) is 0 Å². The van der Waals surface area contributed by atoms with Crippen LogP contribution in [0.1, 0.15) is 29.7 Å². The SMILES string of the molecule is CN1[CH-]N(c2[c-]cccc2)c2ccccc21.Cc1cc(-c2ccccc2)cc(C)c1-c1c[c-]c(N2[N-]C(C)c3ccccc32)cc1.[Ir]. The van der Waals surface area contributed by atoms with Gasteiger partial charge in [0.25, 0.3) is 0 Å². The Morgan fingerprint density at radius 3 is 1.98 bits per heavy atom. The molecule has 0 saturated carbocycles. The second-order valence-electron chi connectivity index (χ2n) is 11.8. The fraction of sp³-hybridized carbons (Fsp3) is 0.119. The molecule has 0 bridgehead atoms. The normalized spacial score (nSPS) is 14.6. The number of hydrogen-bond acceptors (Lipinski definition) is 3. The summed E-state index contributed by atoms with van der Waals surface area (Å²) in [6.45, 7) is 8.59. The van der Waals surface area contributed by atoms with Crippen LogP contribution in [0.25, 0.3) is 27.7 Å². The standard InChI is InChI=1S/C28H24N2.C14H12N2.Ir/c1-19-17-24(22-9-5-4-6-10-22)18-20(2)28(19)23-13-15-25(16-14-23)30-27-12-8-7-11-26(27)21(3)29-30;1-15-11-16(12-7-3-2-4-8-12)14-10-6-5-9-13(14)15;/h4-15,17-18,21H,1-3H3;2-7,9-11H,1H3;/q2*-2;. The molecule has 6 aromatic carbocycles. The molecule has 0 amide bonds. The number of rotatable bonds is 4. The molecule has 47 heavy (non-hydrogen) atoms. The van der Waals surface area contributed by atoms with E-state index in [2.05, 4.69) is 172 Å². The molecule has 0 spiro atoms. The molecule has 6 aromatic rings. The molecule has 0 fully saturated rings. The number of anilines is 5. The zero-order valence-electron chi connectivity index (χ0n) is 27.0. The van der Waals surface area contributed by atoms with Crippen molar-refractivity contribution in [3.8, 4) is 22.3 Å². The van der Waals surface area contributed by atoms with Crippen LogP contribution < -0.4 is 14.8 Å². The minimum atomic E-state index is 0. The number of nitrogens with zero attached hydrogens (tertiary/aromatic N) is 4. The Morgan fingerprint density at radius 2 is 1.30 bits per heavy atom. The largest absolute Gasteiger partial charge is 0.558 e. The molecule has 0 saturated heterocycles. The number of para-hydroxylation sites is 4. The number of benzene rings is 6. The average Bonchev–Trinajstić information content (AvgIpc) is 3.62. The van der Waals surface area contributed by atoms with E-state index in [1.54, 1.807) is 0 Å². The molecule has 1 radical (unpaired) electrons. The first-order valence-corrected chi connectivity index (χ1v) is 15.7. The van der Waals surface area contributed by atoms with Crippen molar-refractivity contribution in [3.05, 3.63) is 174 Å². The Balaban J connectivity index is 0.000000192. The first kappa shape index (κ1) is 32.3. The Kier molecular flexibility index (Phi) is 9.60. The van der Waals surface area contributed by atoms with Crippen LogP contribution in [-0.4, -0.2) is 7.05 Å². The molecule has 5 heteroatoms. The van der Waals surface area contributed by atoms with Gasteiger partial charge in [-0.05, 0) is 55.8 Å². The van der Waals surface area contributed by atoms with E-state index in [-0.39, 0.29) is 26.1 Å². The second kappa shape index (κ2) is 14.0. The maximum atomic E-state index is 4.81. The van der Waals surface area contributed by atoms with Crippen molar-refractivity contribution < 1.29 is 20.1 Å². The van der Waals surface area contributed by atoms with Gasteiger partial charge in [0.15, 0.2) is 0 Å². The third-order valence-corrected chi connectivity index (χ3v) is 8.62. The number of fused-ring (bicyclic) bond motifs is 2. The van der Waals surface area contributed by atoms with Crippen molar-refractivity contribution in [2.75, 3.05) is 21.9 Å². The fourth-order valence-electron chi connectivity index (χ4n) is 6.43. The fourth-order valence-corrected chi connectivity index (χ4v) is 6.43. The molecular weight excluding hydrogens is 753 g/mol. The monoisotopic (exact) mass is 789 g/mol. The minimum Gasteiger partial charge on any atom is -0.558 e. The van der Waals surface area contributed by atoms with Crippen LogP contribution in [0.3, 0.4) is 0 Å². The van der Waals surface area contributed by atoms with Crippen molar-refractivity contribution >= 4 is 28.4 Å². The summed E-state index contributed by atoms with van der Waals surface area (Å²) in [5.74, 6) is 0. The Hall–Kier alpha value is -4.67. The summed E-state index contributed by atoms with van der Waals surface area (Å²) in [5.41, 5.74) is 19.2. The molecule has 1 atom stereocenters. The molecule has 0 aromatic heterocycles. The third kappa shape index (κ3) is 6.48. The van der Waals surface area contributed by atoms with Crippen LogP contribution in [-0.2, 0) is 20.1 Å². The van der Waals surface area contributed by atoms with Crippen LogP contribution in [0.4, 0.5) is 28.4 Å². The summed E-state index contributed by atoms with van der Waals surface area (Å²) in [6.07, 6.45) is 0. The zero-order chi connectivity index (χ0) is 31.6. The first-order chi connectivity index (χ1) is 22.5. The number of hydrogen-bond donors (Lipinski definition) is 0. The van der Waals surface area contributed by atoms with Crippen LogP contribution >= 0.6 is 0 Å². The molecule has 1 unspecified atom stereocenters. The van der Waals surface area contributed by atoms with Crippen molar-refractivity contribution in [2.45, 2.75) is 26.8 Å². The molecule has 237 valence electrons. The van der Waals surface area contributed by atoms with E-state index in [1.165, 1.54) is 50.3 Å². The van der Waals surface area contributed by atoms with Gasteiger partial charge in [0, 0.05) is 37.2 Å². The van der Waals surface area contributed by atoms with Crippen molar-refractivity contribution in [1.29, 1.82) is 0 Å². The van der Waals surface area contributed by atoms with E-state index in [9.17, 15) is 0 Å². The molecule has 2 aliphatic heterocycles. The zero-order valence-corrected chi connectivity index (χ0v) is 29.4. The van der Waals surface area contributed by atoms with E-state index in [4.69, 9.17) is 5.43 Å². The van der Waals surface area contributed by atoms with Gasteiger partial charge in [-0.3, -0.25) is 0 Å². The summed E-state index contributed by atoms with van der Waals surface area (Å²) in [6, 6.07) is 53.2. The Labute approximate surface area is 292 Å². The maximum absolute atomic E-state index is 4.81. The summed E-state index contributed by atoms with van der Waals surface area (Å²) in [4.78, 5) is 4.27. The van der Waals surface area contributed by atoms with Crippen molar-refractivity contribution in [2.24, 2.45) is 0 Å². The number of aryl methyl sites for hydroxylation is 2. The predicted molar refractivity (Wildman–Crippen MR) is 193 cm³/mol. The summed E-state index contributed by atoms with van der Waals surface area (Å²) in [5, 5.41) is 2.02. The smallest absolute Gasteiger partial charge is 0.0326 e. The van der Waals surface area contributed by atoms with Crippen LogP contribution in [0.5, 0.6) is 0 Å². The van der Waals surface area contributed by atoms with Gasteiger partial charge >= 0.3 is 0 Å². The Bertz CT molecular complexity index is 1930. The van der Waals surface area contributed by atoms with Gasteiger partial charge in [0.2, 0.25) is 0 Å². The van der Waals surface area contributed by atoms with Crippen molar-refractivity contribution in [1.82, 2.24) is 0 Å². The van der Waals surface area contributed by atoms with Gasteiger partial charge in [0.1, 0.15) is 0 Å². The van der Waals surface area contributed by atoms with Gasteiger partial charge in [-0.15, -0.1) is 17.3 Å².